The van der Waals surface area contributed by atoms with E-state index < -0.39 is 0 Å². The summed E-state index contributed by atoms with van der Waals surface area (Å²) >= 11 is 0. The maximum atomic E-state index is 12.0. The SMILES string of the molecule is CCNCC(C)C(=O)N(CCO)C(C)C. The number of nitrogens with zero attached hydrogens (tertiary/aromatic N) is 1. The summed E-state index contributed by atoms with van der Waals surface area (Å²) in [6, 6.07) is 0.147. The van der Waals surface area contributed by atoms with Crippen molar-refractivity contribution in [3.63, 3.8) is 0 Å². The van der Waals surface area contributed by atoms with E-state index in [0.29, 0.717) is 13.1 Å². The van der Waals surface area contributed by atoms with Crippen LogP contribution in [-0.4, -0.2) is 48.2 Å². The fourth-order valence-electron chi connectivity index (χ4n) is 1.46. The first-order chi connectivity index (χ1) is 7.04. The first-order valence-electron chi connectivity index (χ1n) is 5.66. The molecule has 90 valence electrons. The summed E-state index contributed by atoms with van der Waals surface area (Å²) in [6.45, 7) is 9.89. The molecule has 0 aliphatic heterocycles. The van der Waals surface area contributed by atoms with E-state index in [9.17, 15) is 4.79 Å². The zero-order valence-electron chi connectivity index (χ0n) is 10.3. The van der Waals surface area contributed by atoms with Gasteiger partial charge in [0.15, 0.2) is 0 Å². The maximum absolute atomic E-state index is 12.0. The van der Waals surface area contributed by atoms with Gasteiger partial charge in [0.05, 0.1) is 6.61 Å². The third kappa shape index (κ3) is 5.14. The molecule has 2 N–H and O–H groups in total. The summed E-state index contributed by atoms with van der Waals surface area (Å²) in [5.41, 5.74) is 0. The van der Waals surface area contributed by atoms with Crippen LogP contribution in [-0.2, 0) is 4.79 Å². The predicted molar refractivity (Wildman–Crippen MR) is 61.6 cm³/mol. The molecule has 0 fully saturated rings. The van der Waals surface area contributed by atoms with Crippen LogP contribution in [0.3, 0.4) is 0 Å². The fourth-order valence-corrected chi connectivity index (χ4v) is 1.46. The van der Waals surface area contributed by atoms with Crippen LogP contribution in [0.25, 0.3) is 0 Å². The molecule has 0 aromatic heterocycles. The Morgan fingerprint density at radius 3 is 2.40 bits per heavy atom. The highest BCUT2D eigenvalue weighted by molar-refractivity contribution is 5.79. The molecule has 0 aliphatic rings. The van der Waals surface area contributed by atoms with Gasteiger partial charge in [-0.2, -0.15) is 0 Å². The molecule has 1 atom stereocenters. The zero-order valence-corrected chi connectivity index (χ0v) is 10.3. The number of aliphatic hydroxyl groups is 1. The second-order valence-corrected chi connectivity index (χ2v) is 4.06. The first kappa shape index (κ1) is 14.4. The molecule has 0 spiro atoms. The van der Waals surface area contributed by atoms with Gasteiger partial charge in [-0.3, -0.25) is 4.79 Å². The number of hydrogen-bond donors (Lipinski definition) is 2. The lowest BCUT2D eigenvalue weighted by Gasteiger charge is -2.28. The van der Waals surface area contributed by atoms with E-state index in [1.165, 1.54) is 0 Å². The Balaban J connectivity index is 4.22. The molecule has 0 aromatic carbocycles. The molecule has 0 saturated heterocycles. The highest BCUT2D eigenvalue weighted by atomic mass is 16.3. The van der Waals surface area contributed by atoms with Crippen LogP contribution in [0.5, 0.6) is 0 Å². The largest absolute Gasteiger partial charge is 0.395 e. The third-order valence-corrected chi connectivity index (χ3v) is 2.37. The van der Waals surface area contributed by atoms with Gasteiger partial charge >= 0.3 is 0 Å². The van der Waals surface area contributed by atoms with Crippen molar-refractivity contribution < 1.29 is 9.90 Å². The Bertz CT molecular complexity index is 183. The molecule has 0 saturated carbocycles. The predicted octanol–water partition coefficient (Wildman–Crippen LogP) is 0.461. The Kier molecular flexibility index (Phi) is 7.34. The van der Waals surface area contributed by atoms with Gasteiger partial charge in [-0.05, 0) is 20.4 Å². The second kappa shape index (κ2) is 7.65. The Labute approximate surface area is 92.7 Å². The van der Waals surface area contributed by atoms with Gasteiger partial charge in [0.2, 0.25) is 5.91 Å². The van der Waals surface area contributed by atoms with Crippen molar-refractivity contribution in [3.8, 4) is 0 Å². The highest BCUT2D eigenvalue weighted by Gasteiger charge is 2.21. The van der Waals surface area contributed by atoms with Crippen LogP contribution in [0.4, 0.5) is 0 Å². The van der Waals surface area contributed by atoms with Gasteiger partial charge in [0.25, 0.3) is 0 Å². The van der Waals surface area contributed by atoms with E-state index in [4.69, 9.17) is 5.11 Å². The van der Waals surface area contributed by atoms with E-state index in [1.807, 2.05) is 27.7 Å². The van der Waals surface area contributed by atoms with Crippen LogP contribution in [0, 0.1) is 5.92 Å². The normalized spacial score (nSPS) is 12.9. The minimum absolute atomic E-state index is 0.0256. The molecular weight excluding hydrogens is 192 g/mol. The van der Waals surface area contributed by atoms with Gasteiger partial charge in [-0.15, -0.1) is 0 Å². The molecule has 0 bridgehead atoms. The highest BCUT2D eigenvalue weighted by Crippen LogP contribution is 2.05. The van der Waals surface area contributed by atoms with Crippen molar-refractivity contribution in [1.82, 2.24) is 10.2 Å². The average molecular weight is 216 g/mol. The lowest BCUT2D eigenvalue weighted by molar-refractivity contribution is -0.137. The van der Waals surface area contributed by atoms with Gasteiger partial charge in [0, 0.05) is 25.0 Å². The number of aliphatic hydroxyl groups excluding tert-OH is 1. The number of carbonyl (C=O) groups excluding carboxylic acids is 1. The van der Waals surface area contributed by atoms with Crippen LogP contribution in [0.1, 0.15) is 27.7 Å². The van der Waals surface area contributed by atoms with E-state index in [1.54, 1.807) is 4.90 Å². The Morgan fingerprint density at radius 1 is 1.40 bits per heavy atom. The van der Waals surface area contributed by atoms with E-state index in [-0.39, 0.29) is 24.5 Å². The Morgan fingerprint density at radius 2 is 2.00 bits per heavy atom. The summed E-state index contributed by atoms with van der Waals surface area (Å²) in [5.74, 6) is 0.0823. The molecule has 0 aliphatic carbocycles. The topological polar surface area (TPSA) is 52.6 Å². The Hall–Kier alpha value is -0.610. The van der Waals surface area contributed by atoms with Crippen molar-refractivity contribution in [2.45, 2.75) is 33.7 Å². The fraction of sp³-hybridized carbons (Fsp3) is 0.909. The molecule has 1 amide bonds. The number of carbonyl (C=O) groups is 1. The number of amides is 1. The molecule has 4 heteroatoms. The average Bonchev–Trinajstić information content (AvgIpc) is 2.21. The van der Waals surface area contributed by atoms with Crippen molar-refractivity contribution in [2.75, 3.05) is 26.2 Å². The minimum Gasteiger partial charge on any atom is -0.395 e. The maximum Gasteiger partial charge on any atom is 0.226 e. The molecule has 0 rings (SSSR count). The van der Waals surface area contributed by atoms with Crippen molar-refractivity contribution in [1.29, 1.82) is 0 Å². The molecular formula is C11H24N2O2. The lowest BCUT2D eigenvalue weighted by atomic mass is 10.1. The molecule has 0 aromatic rings. The van der Waals surface area contributed by atoms with Crippen LogP contribution < -0.4 is 5.32 Å². The quantitative estimate of drug-likeness (QED) is 0.650. The van der Waals surface area contributed by atoms with Gasteiger partial charge in [0.1, 0.15) is 0 Å². The van der Waals surface area contributed by atoms with Crippen molar-refractivity contribution in [3.05, 3.63) is 0 Å². The lowest BCUT2D eigenvalue weighted by Crippen LogP contribution is -2.44. The second-order valence-electron chi connectivity index (χ2n) is 4.06. The van der Waals surface area contributed by atoms with E-state index in [0.717, 1.165) is 6.54 Å². The van der Waals surface area contributed by atoms with E-state index >= 15 is 0 Å². The summed E-state index contributed by atoms with van der Waals surface area (Å²) in [6.07, 6.45) is 0. The molecule has 0 radical (unpaired) electrons. The number of hydrogen-bond acceptors (Lipinski definition) is 3. The van der Waals surface area contributed by atoms with Gasteiger partial charge < -0.3 is 15.3 Å². The number of rotatable bonds is 7. The van der Waals surface area contributed by atoms with Gasteiger partial charge in [-0.25, -0.2) is 0 Å². The number of nitrogens with one attached hydrogen (secondary N) is 1. The summed E-state index contributed by atoms with van der Waals surface area (Å²) in [5, 5.41) is 12.0. The van der Waals surface area contributed by atoms with Gasteiger partial charge in [-0.1, -0.05) is 13.8 Å². The van der Waals surface area contributed by atoms with Crippen LogP contribution in [0.15, 0.2) is 0 Å². The third-order valence-electron chi connectivity index (χ3n) is 2.37. The monoisotopic (exact) mass is 216 g/mol. The van der Waals surface area contributed by atoms with Crippen molar-refractivity contribution in [2.24, 2.45) is 5.92 Å². The first-order valence-corrected chi connectivity index (χ1v) is 5.66. The molecule has 15 heavy (non-hydrogen) atoms. The van der Waals surface area contributed by atoms with E-state index in [2.05, 4.69) is 5.32 Å². The smallest absolute Gasteiger partial charge is 0.226 e. The summed E-state index contributed by atoms with van der Waals surface area (Å²) in [4.78, 5) is 13.7. The van der Waals surface area contributed by atoms with Crippen molar-refractivity contribution >= 4 is 5.91 Å². The standard InChI is InChI=1S/C11H24N2O2/c1-5-12-8-10(4)11(15)13(6-7-14)9(2)3/h9-10,12,14H,5-8H2,1-4H3. The van der Waals surface area contributed by atoms with Crippen LogP contribution in [0.2, 0.25) is 0 Å². The zero-order chi connectivity index (χ0) is 11.8. The molecule has 1 unspecified atom stereocenters. The molecule has 4 nitrogen and oxygen atoms in total. The summed E-state index contributed by atoms with van der Waals surface area (Å²) < 4.78 is 0. The van der Waals surface area contributed by atoms with Crippen LogP contribution >= 0.6 is 0 Å². The minimum atomic E-state index is -0.0288. The summed E-state index contributed by atoms with van der Waals surface area (Å²) in [7, 11) is 0. The molecule has 0 heterocycles.